The first-order valence-corrected chi connectivity index (χ1v) is 8.51. The SMILES string of the molecule is O=C(OCc1ccccc1)[C@@H]1CC[C@H]1c1cccc2ccccc12. The van der Waals surface area contributed by atoms with E-state index in [2.05, 4.69) is 42.5 Å². The van der Waals surface area contributed by atoms with Crippen molar-refractivity contribution in [3.8, 4) is 0 Å². The first kappa shape index (κ1) is 14.9. The van der Waals surface area contributed by atoms with E-state index >= 15 is 0 Å². The van der Waals surface area contributed by atoms with Gasteiger partial charge >= 0.3 is 5.97 Å². The van der Waals surface area contributed by atoms with Gasteiger partial charge in [0.15, 0.2) is 0 Å². The molecular formula is C22H20O2. The quantitative estimate of drug-likeness (QED) is 0.628. The highest BCUT2D eigenvalue weighted by Gasteiger charge is 2.39. The summed E-state index contributed by atoms with van der Waals surface area (Å²) in [7, 11) is 0. The van der Waals surface area contributed by atoms with Gasteiger partial charge in [0.2, 0.25) is 0 Å². The Labute approximate surface area is 142 Å². The molecule has 1 saturated carbocycles. The summed E-state index contributed by atoms with van der Waals surface area (Å²) in [6.07, 6.45) is 1.97. The molecule has 3 aromatic rings. The monoisotopic (exact) mass is 316 g/mol. The minimum Gasteiger partial charge on any atom is -0.461 e. The molecule has 2 atom stereocenters. The van der Waals surface area contributed by atoms with Crippen molar-refractivity contribution in [2.45, 2.75) is 25.4 Å². The van der Waals surface area contributed by atoms with Crippen molar-refractivity contribution in [3.63, 3.8) is 0 Å². The molecule has 2 nitrogen and oxygen atoms in total. The number of carbonyl (C=O) groups excluding carboxylic acids is 1. The van der Waals surface area contributed by atoms with Gasteiger partial charge in [0.1, 0.15) is 6.61 Å². The van der Waals surface area contributed by atoms with Crippen molar-refractivity contribution in [3.05, 3.63) is 83.9 Å². The summed E-state index contributed by atoms with van der Waals surface area (Å²) < 4.78 is 5.56. The lowest BCUT2D eigenvalue weighted by Crippen LogP contribution is -2.32. The highest BCUT2D eigenvalue weighted by Crippen LogP contribution is 2.45. The molecule has 0 saturated heterocycles. The van der Waals surface area contributed by atoms with Crippen molar-refractivity contribution in [2.75, 3.05) is 0 Å². The Balaban J connectivity index is 1.50. The lowest BCUT2D eigenvalue weighted by molar-refractivity contribution is -0.153. The molecule has 0 radical (unpaired) electrons. The van der Waals surface area contributed by atoms with Gasteiger partial charge in [-0.15, -0.1) is 0 Å². The molecule has 0 aliphatic heterocycles. The molecule has 24 heavy (non-hydrogen) atoms. The van der Waals surface area contributed by atoms with Crippen molar-refractivity contribution in [1.82, 2.24) is 0 Å². The molecule has 3 aromatic carbocycles. The van der Waals surface area contributed by atoms with Crippen LogP contribution < -0.4 is 0 Å². The Kier molecular flexibility index (Phi) is 4.04. The zero-order chi connectivity index (χ0) is 16.4. The highest BCUT2D eigenvalue weighted by atomic mass is 16.5. The zero-order valence-electron chi connectivity index (χ0n) is 13.5. The third-order valence-electron chi connectivity index (χ3n) is 5.02. The average molecular weight is 316 g/mol. The normalized spacial score (nSPS) is 19.7. The number of rotatable bonds is 4. The maximum Gasteiger partial charge on any atom is 0.309 e. The third-order valence-corrected chi connectivity index (χ3v) is 5.02. The molecular weight excluding hydrogens is 296 g/mol. The Hall–Kier alpha value is -2.61. The van der Waals surface area contributed by atoms with Crippen molar-refractivity contribution >= 4 is 16.7 Å². The fourth-order valence-electron chi connectivity index (χ4n) is 3.56. The number of esters is 1. The molecule has 2 heteroatoms. The molecule has 0 bridgehead atoms. The molecule has 0 unspecified atom stereocenters. The Morgan fingerprint density at radius 2 is 1.62 bits per heavy atom. The molecule has 0 heterocycles. The number of benzene rings is 3. The molecule has 4 rings (SSSR count). The van der Waals surface area contributed by atoms with Crippen LogP contribution in [0.5, 0.6) is 0 Å². The zero-order valence-corrected chi connectivity index (χ0v) is 13.5. The van der Waals surface area contributed by atoms with Crippen molar-refractivity contribution in [2.24, 2.45) is 5.92 Å². The summed E-state index contributed by atoms with van der Waals surface area (Å²) in [5.41, 5.74) is 2.31. The second kappa shape index (κ2) is 6.48. The van der Waals surface area contributed by atoms with E-state index in [0.717, 1.165) is 18.4 Å². The summed E-state index contributed by atoms with van der Waals surface area (Å²) in [6, 6.07) is 24.6. The maximum atomic E-state index is 12.5. The summed E-state index contributed by atoms with van der Waals surface area (Å²) in [6.45, 7) is 0.360. The largest absolute Gasteiger partial charge is 0.461 e. The van der Waals surface area contributed by atoms with E-state index in [0.29, 0.717) is 6.61 Å². The van der Waals surface area contributed by atoms with Gasteiger partial charge in [-0.25, -0.2) is 0 Å². The van der Waals surface area contributed by atoms with Gasteiger partial charge in [-0.05, 0) is 40.7 Å². The average Bonchev–Trinajstić information content (AvgIpc) is 2.60. The molecule has 1 aliphatic rings. The Morgan fingerprint density at radius 3 is 2.42 bits per heavy atom. The van der Waals surface area contributed by atoms with Gasteiger partial charge in [-0.3, -0.25) is 4.79 Å². The number of carbonyl (C=O) groups is 1. The Bertz CT molecular complexity index is 849. The number of ether oxygens (including phenoxy) is 1. The topological polar surface area (TPSA) is 26.3 Å². The van der Waals surface area contributed by atoms with Crippen LogP contribution in [0.3, 0.4) is 0 Å². The molecule has 120 valence electrons. The highest BCUT2D eigenvalue weighted by molar-refractivity contribution is 5.87. The standard InChI is InChI=1S/C22H20O2/c23-22(24-15-16-7-2-1-3-8-16)21-14-13-20(21)19-12-6-10-17-9-4-5-11-18(17)19/h1-12,20-21H,13-15H2/t20-,21+/m0/s1. The van der Waals surface area contributed by atoms with E-state index in [4.69, 9.17) is 4.74 Å². The number of fused-ring (bicyclic) bond motifs is 1. The predicted molar refractivity (Wildman–Crippen MR) is 95.7 cm³/mol. The maximum absolute atomic E-state index is 12.5. The van der Waals surface area contributed by atoms with Crippen LogP contribution in [-0.4, -0.2) is 5.97 Å². The second-order valence-corrected chi connectivity index (χ2v) is 6.45. The molecule has 1 aliphatic carbocycles. The fourth-order valence-corrected chi connectivity index (χ4v) is 3.56. The lowest BCUT2D eigenvalue weighted by atomic mass is 9.69. The van der Waals surface area contributed by atoms with Crippen LogP contribution in [0.15, 0.2) is 72.8 Å². The molecule has 0 N–H and O–H groups in total. The molecule has 0 spiro atoms. The molecule has 0 aromatic heterocycles. The molecule has 0 amide bonds. The van der Waals surface area contributed by atoms with E-state index in [1.165, 1.54) is 16.3 Å². The summed E-state index contributed by atoms with van der Waals surface area (Å²) in [5.74, 6) is 0.196. The minimum atomic E-state index is -0.0666. The van der Waals surface area contributed by atoms with Crippen LogP contribution in [0.25, 0.3) is 10.8 Å². The third kappa shape index (κ3) is 2.80. The molecule has 1 fully saturated rings. The van der Waals surface area contributed by atoms with Gasteiger partial charge < -0.3 is 4.74 Å². The van der Waals surface area contributed by atoms with E-state index in [1.807, 2.05) is 30.3 Å². The van der Waals surface area contributed by atoms with Gasteiger partial charge in [-0.1, -0.05) is 72.8 Å². The van der Waals surface area contributed by atoms with Crippen LogP contribution in [0.4, 0.5) is 0 Å². The number of hydrogen-bond acceptors (Lipinski definition) is 2. The van der Waals surface area contributed by atoms with Crippen LogP contribution in [-0.2, 0) is 16.1 Å². The minimum absolute atomic E-state index is 0.0143. The smallest absolute Gasteiger partial charge is 0.309 e. The lowest BCUT2D eigenvalue weighted by Gasteiger charge is -2.35. The van der Waals surface area contributed by atoms with Crippen LogP contribution >= 0.6 is 0 Å². The summed E-state index contributed by atoms with van der Waals surface area (Å²) in [4.78, 5) is 12.5. The van der Waals surface area contributed by atoms with Gasteiger partial charge in [0.05, 0.1) is 5.92 Å². The van der Waals surface area contributed by atoms with Crippen LogP contribution in [0.1, 0.15) is 29.9 Å². The van der Waals surface area contributed by atoms with Crippen LogP contribution in [0.2, 0.25) is 0 Å². The second-order valence-electron chi connectivity index (χ2n) is 6.45. The number of hydrogen-bond donors (Lipinski definition) is 0. The van der Waals surface area contributed by atoms with E-state index in [-0.39, 0.29) is 17.8 Å². The summed E-state index contributed by atoms with van der Waals surface area (Å²) in [5, 5.41) is 2.49. The summed E-state index contributed by atoms with van der Waals surface area (Å²) >= 11 is 0. The predicted octanol–water partition coefficient (Wildman–Crippen LogP) is 5.08. The van der Waals surface area contributed by atoms with Crippen LogP contribution in [0, 0.1) is 5.92 Å². The fraction of sp³-hybridized carbons (Fsp3) is 0.227. The van der Waals surface area contributed by atoms with Crippen molar-refractivity contribution in [1.29, 1.82) is 0 Å². The van der Waals surface area contributed by atoms with E-state index in [1.54, 1.807) is 0 Å². The van der Waals surface area contributed by atoms with E-state index in [9.17, 15) is 4.79 Å². The first-order chi connectivity index (χ1) is 11.8. The van der Waals surface area contributed by atoms with Gasteiger partial charge in [-0.2, -0.15) is 0 Å². The van der Waals surface area contributed by atoms with E-state index < -0.39 is 0 Å². The van der Waals surface area contributed by atoms with Crippen molar-refractivity contribution < 1.29 is 9.53 Å². The van der Waals surface area contributed by atoms with Gasteiger partial charge in [0.25, 0.3) is 0 Å². The first-order valence-electron chi connectivity index (χ1n) is 8.51. The van der Waals surface area contributed by atoms with Gasteiger partial charge in [0, 0.05) is 0 Å². The Morgan fingerprint density at radius 1 is 0.875 bits per heavy atom.